The van der Waals surface area contributed by atoms with Gasteiger partial charge in [0.1, 0.15) is 6.54 Å². The number of benzene rings is 3. The number of hydrogen-bond acceptors (Lipinski definition) is 1. The quantitative estimate of drug-likeness (QED) is 0.190. The van der Waals surface area contributed by atoms with Crippen molar-refractivity contribution in [3.05, 3.63) is 95.0 Å². The maximum atomic E-state index is 9.75. The second-order valence-corrected chi connectivity index (χ2v) is 7.63. The maximum Gasteiger partial charge on any atom is 0.673 e. The van der Waals surface area contributed by atoms with Crippen LogP contribution in [-0.2, 0) is 13.6 Å². The number of rotatable bonds is 4. The summed E-state index contributed by atoms with van der Waals surface area (Å²) in [7, 11) is -3.92. The van der Waals surface area contributed by atoms with E-state index < -0.39 is 7.25 Å². The van der Waals surface area contributed by atoms with Gasteiger partial charge in [0.15, 0.2) is 0 Å². The summed E-state index contributed by atoms with van der Waals surface area (Å²) in [6.07, 6.45) is 0. The van der Waals surface area contributed by atoms with Crippen molar-refractivity contribution in [3.8, 4) is 22.8 Å². The zero-order valence-corrected chi connectivity index (χ0v) is 18.2. The van der Waals surface area contributed by atoms with Crippen molar-refractivity contribution in [2.24, 2.45) is 7.05 Å². The van der Waals surface area contributed by atoms with E-state index >= 15 is 0 Å². The molecule has 0 atom stereocenters. The molecule has 0 fully saturated rings. The lowest BCUT2D eigenvalue weighted by Gasteiger charge is -2.02. The molecule has 0 saturated carbocycles. The highest BCUT2D eigenvalue weighted by Crippen LogP contribution is 2.22. The smallest absolute Gasteiger partial charge is 0.418 e. The van der Waals surface area contributed by atoms with Crippen molar-refractivity contribution in [2.75, 3.05) is 0 Å². The molecule has 0 aliphatic rings. The van der Waals surface area contributed by atoms with E-state index in [0.29, 0.717) is 0 Å². The minimum Gasteiger partial charge on any atom is -0.418 e. The van der Waals surface area contributed by atoms with Crippen molar-refractivity contribution in [2.45, 2.75) is 6.54 Å². The van der Waals surface area contributed by atoms with Gasteiger partial charge in [-0.25, -0.2) is 4.57 Å². The Balaban J connectivity index is 0.000000491. The van der Waals surface area contributed by atoms with Crippen LogP contribution in [-0.4, -0.2) is 16.9 Å². The maximum absolute atomic E-state index is 9.75. The molecular weight excluding hydrogens is 473 g/mol. The van der Waals surface area contributed by atoms with Crippen molar-refractivity contribution < 1.29 is 21.9 Å². The normalized spacial score (nSPS) is 11.0. The lowest BCUT2D eigenvalue weighted by atomic mass is 10.2. The third-order valence-corrected chi connectivity index (χ3v) is 4.93. The molecule has 1 heterocycles. The van der Waals surface area contributed by atoms with Crippen LogP contribution in [0.25, 0.3) is 22.8 Å². The van der Waals surface area contributed by atoms with Gasteiger partial charge in [-0.3, -0.25) is 0 Å². The highest BCUT2D eigenvalue weighted by atomic mass is 79.9. The first-order chi connectivity index (χ1) is 14.7. The third-order valence-electron chi connectivity index (χ3n) is 4.40. The van der Waals surface area contributed by atoms with Crippen LogP contribution in [0.2, 0.25) is 0 Å². The standard InChI is InChI=1S/C22H19BrN3.BF4/c1-25-21(18-8-4-2-5-9-18)24-26(16-17-12-14-20(23)15-13-17)22(25)19-10-6-3-7-11-19;2-1(3,4)5/h2-15H,16H2,1H3;/q+1;-1. The Bertz CT molecular complexity index is 1110. The second-order valence-electron chi connectivity index (χ2n) is 6.72. The Morgan fingerprint density at radius 3 is 1.81 bits per heavy atom. The fourth-order valence-corrected chi connectivity index (χ4v) is 3.41. The highest BCUT2D eigenvalue weighted by Gasteiger charge is 2.25. The summed E-state index contributed by atoms with van der Waals surface area (Å²) in [6, 6.07) is 29.1. The van der Waals surface area contributed by atoms with Gasteiger partial charge < -0.3 is 17.3 Å². The number of hydrogen-bond donors (Lipinski definition) is 0. The summed E-state index contributed by atoms with van der Waals surface area (Å²) in [5.74, 6) is 2.05. The summed E-state index contributed by atoms with van der Waals surface area (Å²) in [5.41, 5.74) is 3.48. The topological polar surface area (TPSA) is 21.7 Å². The predicted octanol–water partition coefficient (Wildman–Crippen LogP) is 6.15. The van der Waals surface area contributed by atoms with E-state index in [1.807, 2.05) is 24.3 Å². The average molecular weight is 492 g/mol. The van der Waals surface area contributed by atoms with Gasteiger partial charge >= 0.3 is 13.1 Å². The van der Waals surface area contributed by atoms with Crippen LogP contribution >= 0.6 is 15.9 Å². The Morgan fingerprint density at radius 2 is 1.29 bits per heavy atom. The fraction of sp³-hybridized carbons (Fsp3) is 0.0909. The highest BCUT2D eigenvalue weighted by molar-refractivity contribution is 9.10. The van der Waals surface area contributed by atoms with Crippen LogP contribution in [0.4, 0.5) is 17.3 Å². The van der Waals surface area contributed by atoms with Crippen molar-refractivity contribution in [3.63, 3.8) is 0 Å². The molecule has 160 valence electrons. The number of halogens is 5. The average Bonchev–Trinajstić information content (AvgIpc) is 3.05. The minimum absolute atomic E-state index is 0.720. The van der Waals surface area contributed by atoms with Gasteiger partial charge in [0.2, 0.25) is 0 Å². The molecule has 0 saturated heterocycles. The molecule has 0 radical (unpaired) electrons. The Hall–Kier alpha value is -2.94. The molecule has 0 aliphatic heterocycles. The lowest BCUT2D eigenvalue weighted by Crippen LogP contribution is -2.39. The van der Waals surface area contributed by atoms with Crippen molar-refractivity contribution >= 4 is 23.2 Å². The SMILES string of the molecule is Cn1c(-c2ccccc2)n[n+](Cc2ccc(Br)cc2)c1-c1ccccc1.F[B-](F)(F)F. The van der Waals surface area contributed by atoms with E-state index in [9.17, 15) is 17.3 Å². The van der Waals surface area contributed by atoms with E-state index in [-0.39, 0.29) is 0 Å². The molecule has 0 spiro atoms. The number of aromatic nitrogens is 3. The van der Waals surface area contributed by atoms with Crippen molar-refractivity contribution in [1.29, 1.82) is 0 Å². The fourth-order valence-electron chi connectivity index (χ4n) is 3.14. The van der Waals surface area contributed by atoms with Gasteiger partial charge in [0.25, 0.3) is 5.82 Å². The van der Waals surface area contributed by atoms with Crippen LogP contribution < -0.4 is 4.68 Å². The van der Waals surface area contributed by atoms with E-state index in [1.54, 1.807) is 0 Å². The molecule has 0 unspecified atom stereocenters. The molecule has 1 aromatic heterocycles. The molecule has 4 rings (SSSR count). The van der Waals surface area contributed by atoms with Gasteiger partial charge in [0, 0.05) is 10.0 Å². The summed E-state index contributed by atoms with van der Waals surface area (Å²) in [5, 5.41) is 4.94. The van der Waals surface area contributed by atoms with Gasteiger partial charge in [-0.05, 0) is 47.1 Å². The third kappa shape index (κ3) is 6.52. The summed E-state index contributed by atoms with van der Waals surface area (Å²) in [6.45, 7) is 0.720. The van der Waals surface area contributed by atoms with Crippen LogP contribution in [0.3, 0.4) is 0 Å². The van der Waals surface area contributed by atoms with Crippen LogP contribution in [0, 0.1) is 0 Å². The van der Waals surface area contributed by atoms with Gasteiger partial charge in [-0.1, -0.05) is 64.5 Å². The van der Waals surface area contributed by atoms with Crippen LogP contribution in [0.1, 0.15) is 5.56 Å². The van der Waals surface area contributed by atoms with Crippen molar-refractivity contribution in [1.82, 2.24) is 9.67 Å². The molecule has 0 amide bonds. The number of nitrogens with zero attached hydrogens (tertiary/aromatic N) is 3. The Labute approximate surface area is 186 Å². The largest absolute Gasteiger partial charge is 0.673 e. The summed E-state index contributed by atoms with van der Waals surface area (Å²) < 4.78 is 44.3. The molecule has 3 nitrogen and oxygen atoms in total. The molecular formula is C22H19BBrF4N3. The van der Waals surface area contributed by atoms with Gasteiger partial charge in [0.05, 0.1) is 12.6 Å². The first-order valence-electron chi connectivity index (χ1n) is 9.42. The first kappa shape index (κ1) is 22.7. The monoisotopic (exact) mass is 491 g/mol. The zero-order valence-electron chi connectivity index (χ0n) is 16.6. The molecule has 4 aromatic rings. The first-order valence-corrected chi connectivity index (χ1v) is 10.2. The molecule has 31 heavy (non-hydrogen) atoms. The summed E-state index contributed by atoms with van der Waals surface area (Å²) >= 11 is 3.50. The van der Waals surface area contributed by atoms with Gasteiger partial charge in [-0.15, -0.1) is 4.68 Å². The molecule has 9 heteroatoms. The molecule has 0 aliphatic carbocycles. The molecule has 0 N–H and O–H groups in total. The molecule has 0 bridgehead atoms. The second kappa shape index (κ2) is 9.91. The van der Waals surface area contributed by atoms with Crippen LogP contribution in [0.5, 0.6) is 0 Å². The van der Waals surface area contributed by atoms with E-state index in [2.05, 4.69) is 92.9 Å². The minimum atomic E-state index is -6.00. The van der Waals surface area contributed by atoms with E-state index in [0.717, 1.165) is 33.8 Å². The Morgan fingerprint density at radius 1 is 0.806 bits per heavy atom. The van der Waals surface area contributed by atoms with Crippen LogP contribution in [0.15, 0.2) is 89.4 Å². The van der Waals surface area contributed by atoms with E-state index in [1.165, 1.54) is 5.56 Å². The summed E-state index contributed by atoms with van der Waals surface area (Å²) in [4.78, 5) is 0. The van der Waals surface area contributed by atoms with Gasteiger partial charge in [-0.2, -0.15) is 0 Å². The van der Waals surface area contributed by atoms with E-state index in [4.69, 9.17) is 5.10 Å². The Kier molecular flexibility index (Phi) is 7.27. The predicted molar refractivity (Wildman–Crippen MR) is 118 cm³/mol. The lowest BCUT2D eigenvalue weighted by molar-refractivity contribution is -0.733. The zero-order chi connectivity index (χ0) is 22.4. The molecule has 3 aromatic carbocycles.